The Morgan fingerprint density at radius 2 is 2.05 bits per heavy atom. The average Bonchev–Trinajstić information content (AvgIpc) is 2.45. The largest absolute Gasteiger partial charge is 0.494 e. The van der Waals surface area contributed by atoms with Crippen molar-refractivity contribution in [1.82, 2.24) is 5.43 Å². The Hall–Kier alpha value is -1.13. The van der Waals surface area contributed by atoms with Crippen LogP contribution in [-0.4, -0.2) is 13.2 Å². The Morgan fingerprint density at radius 1 is 1.38 bits per heavy atom. The second-order valence-electron chi connectivity index (χ2n) is 6.95. The quantitative estimate of drug-likeness (QED) is 0.646. The number of ether oxygens (including phenoxy) is 1. The number of nitrogens with two attached hydrogens (primary N) is 1. The first-order valence-corrected chi connectivity index (χ1v) is 7.74. The summed E-state index contributed by atoms with van der Waals surface area (Å²) in [6, 6.07) is 5.35. The third kappa shape index (κ3) is 4.17. The maximum Gasteiger partial charge on any atom is 0.165 e. The van der Waals surface area contributed by atoms with E-state index in [1.54, 1.807) is 12.1 Å². The van der Waals surface area contributed by atoms with Gasteiger partial charge in [-0.3, -0.25) is 11.3 Å². The van der Waals surface area contributed by atoms with Crippen LogP contribution in [0.25, 0.3) is 0 Å². The molecule has 0 bridgehead atoms. The fourth-order valence-electron chi connectivity index (χ4n) is 3.28. The van der Waals surface area contributed by atoms with Gasteiger partial charge in [0.2, 0.25) is 0 Å². The van der Waals surface area contributed by atoms with Crippen LogP contribution in [-0.2, 0) is 6.42 Å². The molecule has 0 saturated heterocycles. The van der Waals surface area contributed by atoms with E-state index in [4.69, 9.17) is 10.6 Å². The van der Waals surface area contributed by atoms with Crippen LogP contribution >= 0.6 is 0 Å². The van der Waals surface area contributed by atoms with Gasteiger partial charge in [-0.15, -0.1) is 0 Å². The zero-order chi connectivity index (χ0) is 15.5. The maximum absolute atomic E-state index is 13.8. The normalized spacial score (nSPS) is 20.2. The van der Waals surface area contributed by atoms with Crippen LogP contribution in [0.15, 0.2) is 18.2 Å². The van der Waals surface area contributed by atoms with Crippen molar-refractivity contribution >= 4 is 0 Å². The summed E-state index contributed by atoms with van der Waals surface area (Å²) < 4.78 is 18.7. The molecule has 1 unspecified atom stereocenters. The van der Waals surface area contributed by atoms with Crippen LogP contribution in [0.4, 0.5) is 4.39 Å². The van der Waals surface area contributed by atoms with Crippen molar-refractivity contribution in [2.24, 2.45) is 17.2 Å². The number of nitrogens with one attached hydrogen (secondary N) is 1. The zero-order valence-corrected chi connectivity index (χ0v) is 13.3. The van der Waals surface area contributed by atoms with Gasteiger partial charge in [-0.05, 0) is 61.1 Å². The molecule has 21 heavy (non-hydrogen) atoms. The van der Waals surface area contributed by atoms with Crippen LogP contribution in [0, 0.1) is 17.2 Å². The van der Waals surface area contributed by atoms with Crippen molar-refractivity contribution in [2.75, 3.05) is 7.11 Å². The third-order valence-electron chi connectivity index (χ3n) is 4.84. The van der Waals surface area contributed by atoms with Gasteiger partial charge in [-0.25, -0.2) is 4.39 Å². The van der Waals surface area contributed by atoms with Crippen molar-refractivity contribution < 1.29 is 9.13 Å². The summed E-state index contributed by atoms with van der Waals surface area (Å²) in [7, 11) is 1.48. The molecule has 118 valence electrons. The van der Waals surface area contributed by atoms with Crippen molar-refractivity contribution in [3.8, 4) is 5.75 Å². The minimum atomic E-state index is -0.310. The molecule has 0 radical (unpaired) electrons. The van der Waals surface area contributed by atoms with Crippen molar-refractivity contribution in [3.63, 3.8) is 0 Å². The van der Waals surface area contributed by atoms with Crippen molar-refractivity contribution in [1.29, 1.82) is 0 Å². The standard InChI is InChI=1S/C17H27FN2O/c1-17(2)8-6-13(7-9-17)15(20-19)11-12-4-5-16(21-3)14(18)10-12/h4-5,10,13,15,20H,6-9,11,19H2,1-3H3. The highest BCUT2D eigenvalue weighted by Gasteiger charge is 2.31. The Balaban J connectivity index is 2.01. The van der Waals surface area contributed by atoms with E-state index >= 15 is 0 Å². The summed E-state index contributed by atoms with van der Waals surface area (Å²) in [5, 5.41) is 0. The number of hydrogen-bond acceptors (Lipinski definition) is 3. The smallest absolute Gasteiger partial charge is 0.165 e. The van der Waals surface area contributed by atoms with Gasteiger partial charge in [-0.2, -0.15) is 0 Å². The monoisotopic (exact) mass is 294 g/mol. The van der Waals surface area contributed by atoms with Crippen LogP contribution in [0.1, 0.15) is 45.1 Å². The van der Waals surface area contributed by atoms with Gasteiger partial charge < -0.3 is 4.74 Å². The first-order valence-electron chi connectivity index (χ1n) is 7.74. The van der Waals surface area contributed by atoms with E-state index in [0.717, 1.165) is 12.0 Å². The molecule has 0 spiro atoms. The molecule has 2 rings (SSSR count). The van der Waals surface area contributed by atoms with E-state index in [1.807, 2.05) is 6.07 Å². The predicted octanol–water partition coefficient (Wildman–Crippen LogP) is 3.43. The van der Waals surface area contributed by atoms with Gasteiger partial charge in [0.1, 0.15) is 0 Å². The summed E-state index contributed by atoms with van der Waals surface area (Å²) >= 11 is 0. The van der Waals surface area contributed by atoms with E-state index in [-0.39, 0.29) is 17.6 Å². The summed E-state index contributed by atoms with van der Waals surface area (Å²) in [5.41, 5.74) is 4.35. The van der Waals surface area contributed by atoms with Gasteiger partial charge in [0.15, 0.2) is 11.6 Å². The lowest BCUT2D eigenvalue weighted by molar-refractivity contribution is 0.161. The summed E-state index contributed by atoms with van der Waals surface area (Å²) in [6.07, 6.45) is 5.57. The third-order valence-corrected chi connectivity index (χ3v) is 4.84. The van der Waals surface area contributed by atoms with Crippen LogP contribution in [0.3, 0.4) is 0 Å². The molecule has 4 heteroatoms. The summed E-state index contributed by atoms with van der Waals surface area (Å²) in [4.78, 5) is 0. The van der Waals surface area contributed by atoms with E-state index in [0.29, 0.717) is 11.3 Å². The van der Waals surface area contributed by atoms with E-state index < -0.39 is 0 Å². The lowest BCUT2D eigenvalue weighted by atomic mass is 9.70. The van der Waals surface area contributed by atoms with Gasteiger partial charge in [-0.1, -0.05) is 19.9 Å². The molecule has 3 nitrogen and oxygen atoms in total. The number of methoxy groups -OCH3 is 1. The number of benzene rings is 1. The van der Waals surface area contributed by atoms with Gasteiger partial charge in [0, 0.05) is 6.04 Å². The van der Waals surface area contributed by atoms with E-state index in [1.165, 1.54) is 32.8 Å². The summed E-state index contributed by atoms with van der Waals surface area (Å²) in [6.45, 7) is 4.65. The molecule has 1 saturated carbocycles. The fraction of sp³-hybridized carbons (Fsp3) is 0.647. The minimum Gasteiger partial charge on any atom is -0.494 e. The molecule has 1 atom stereocenters. The second-order valence-corrected chi connectivity index (χ2v) is 6.95. The molecule has 1 aliphatic carbocycles. The Labute approximate surface area is 127 Å². The molecular formula is C17H27FN2O. The SMILES string of the molecule is COc1ccc(CC(NN)C2CCC(C)(C)CC2)cc1F. The Morgan fingerprint density at radius 3 is 2.57 bits per heavy atom. The van der Waals surface area contributed by atoms with Gasteiger partial charge in [0.05, 0.1) is 7.11 Å². The Bertz CT molecular complexity index is 466. The first kappa shape index (κ1) is 16.2. The number of halogens is 1. The van der Waals surface area contributed by atoms with Gasteiger partial charge in [0.25, 0.3) is 0 Å². The molecule has 0 heterocycles. The molecule has 3 N–H and O–H groups in total. The topological polar surface area (TPSA) is 47.3 Å². The maximum atomic E-state index is 13.8. The average molecular weight is 294 g/mol. The highest BCUT2D eigenvalue weighted by Crippen LogP contribution is 2.39. The molecule has 1 aromatic rings. The lowest BCUT2D eigenvalue weighted by Gasteiger charge is -2.37. The lowest BCUT2D eigenvalue weighted by Crippen LogP contribution is -2.44. The first-order chi connectivity index (χ1) is 9.95. The summed E-state index contributed by atoms with van der Waals surface area (Å²) in [5.74, 6) is 6.29. The molecular weight excluding hydrogens is 267 g/mol. The number of hydrogen-bond donors (Lipinski definition) is 2. The zero-order valence-electron chi connectivity index (χ0n) is 13.3. The highest BCUT2D eigenvalue weighted by atomic mass is 19.1. The van der Waals surface area contributed by atoms with E-state index in [9.17, 15) is 4.39 Å². The second kappa shape index (κ2) is 6.75. The van der Waals surface area contributed by atoms with Crippen LogP contribution < -0.4 is 16.0 Å². The molecule has 0 aromatic heterocycles. The molecule has 1 fully saturated rings. The molecule has 1 aliphatic rings. The predicted molar refractivity (Wildman–Crippen MR) is 83.5 cm³/mol. The highest BCUT2D eigenvalue weighted by molar-refractivity contribution is 5.29. The fourth-order valence-corrected chi connectivity index (χ4v) is 3.28. The molecule has 0 amide bonds. The van der Waals surface area contributed by atoms with Crippen LogP contribution in [0.5, 0.6) is 5.75 Å². The van der Waals surface area contributed by atoms with Crippen LogP contribution in [0.2, 0.25) is 0 Å². The number of hydrazine groups is 1. The Kier molecular flexibility index (Phi) is 5.22. The van der Waals surface area contributed by atoms with E-state index in [2.05, 4.69) is 19.3 Å². The molecule has 0 aliphatic heterocycles. The minimum absolute atomic E-state index is 0.203. The van der Waals surface area contributed by atoms with Gasteiger partial charge >= 0.3 is 0 Å². The molecule has 1 aromatic carbocycles. The van der Waals surface area contributed by atoms with Crippen molar-refractivity contribution in [2.45, 2.75) is 52.0 Å². The number of rotatable bonds is 5. The van der Waals surface area contributed by atoms with Crippen molar-refractivity contribution in [3.05, 3.63) is 29.6 Å².